The highest BCUT2D eigenvalue weighted by Gasteiger charge is 2.30. The molecule has 1 atom stereocenters. The van der Waals surface area contributed by atoms with Crippen molar-refractivity contribution in [3.8, 4) is 0 Å². The van der Waals surface area contributed by atoms with Crippen molar-refractivity contribution in [1.29, 1.82) is 0 Å². The lowest BCUT2D eigenvalue weighted by Crippen LogP contribution is -2.28. The van der Waals surface area contributed by atoms with Gasteiger partial charge in [0.1, 0.15) is 16.6 Å². The van der Waals surface area contributed by atoms with Gasteiger partial charge in [-0.25, -0.2) is 8.78 Å². The van der Waals surface area contributed by atoms with Crippen LogP contribution < -0.4 is 5.32 Å². The maximum absolute atomic E-state index is 13.9. The van der Waals surface area contributed by atoms with Crippen molar-refractivity contribution >= 4 is 40.4 Å². The van der Waals surface area contributed by atoms with Gasteiger partial charge in [-0.2, -0.15) is 0 Å². The molecule has 1 amide bonds. The number of oxime groups is 1. The third kappa shape index (κ3) is 4.49. The third-order valence-electron chi connectivity index (χ3n) is 4.37. The number of hydrogen-bond donors (Lipinski definition) is 1. The van der Waals surface area contributed by atoms with E-state index in [0.717, 1.165) is 38.0 Å². The number of amides is 1. The lowest BCUT2D eigenvalue weighted by Gasteiger charge is -2.12. The number of rotatable bonds is 5. The molecule has 1 aliphatic heterocycles. The summed E-state index contributed by atoms with van der Waals surface area (Å²) >= 11 is 3.01. The average molecular weight is 447 g/mol. The highest BCUT2D eigenvalue weighted by Crippen LogP contribution is 2.32. The van der Waals surface area contributed by atoms with Crippen LogP contribution in [0.25, 0.3) is 0 Å². The molecule has 0 saturated heterocycles. The zero-order valence-corrected chi connectivity index (χ0v) is 17.6. The minimum Gasteiger partial charge on any atom is -0.382 e. The molecule has 1 aliphatic rings. The maximum Gasteiger partial charge on any atom is 0.268 e. The van der Waals surface area contributed by atoms with E-state index < -0.39 is 23.6 Å². The Labute approximate surface area is 179 Å². The molecule has 0 fully saturated rings. The van der Waals surface area contributed by atoms with Gasteiger partial charge in [-0.15, -0.1) is 10.2 Å². The molecule has 30 heavy (non-hydrogen) atoms. The number of hydrogen-bond acceptors (Lipinski definition) is 7. The number of benzene rings is 2. The quantitative estimate of drug-likeness (QED) is 0.614. The highest BCUT2D eigenvalue weighted by atomic mass is 32.2. The minimum atomic E-state index is -0.916. The summed E-state index contributed by atoms with van der Waals surface area (Å²) in [6.07, 6.45) is -0.865. The van der Waals surface area contributed by atoms with Crippen molar-refractivity contribution in [2.75, 3.05) is 5.32 Å². The summed E-state index contributed by atoms with van der Waals surface area (Å²) in [4.78, 5) is 18.7. The van der Waals surface area contributed by atoms with Crippen LogP contribution in [0.5, 0.6) is 0 Å². The zero-order chi connectivity index (χ0) is 21.3. The molecule has 2 heterocycles. The molecule has 0 unspecified atom stereocenters. The summed E-state index contributed by atoms with van der Waals surface area (Å²) in [7, 11) is 0. The second kappa shape index (κ2) is 8.49. The van der Waals surface area contributed by atoms with Crippen LogP contribution in [0.15, 0.2) is 50.8 Å². The minimum absolute atomic E-state index is 0.00484. The number of nitrogens with zero attached hydrogens (tertiary/aromatic N) is 3. The van der Waals surface area contributed by atoms with Crippen LogP contribution in [0, 0.1) is 25.5 Å². The summed E-state index contributed by atoms with van der Waals surface area (Å²) in [5.41, 5.74) is 1.69. The molecule has 0 spiro atoms. The Bertz CT molecular complexity index is 1150. The van der Waals surface area contributed by atoms with E-state index in [1.807, 2.05) is 26.0 Å². The highest BCUT2D eigenvalue weighted by molar-refractivity contribution is 8.01. The van der Waals surface area contributed by atoms with E-state index in [0.29, 0.717) is 5.69 Å². The fourth-order valence-corrected chi connectivity index (χ4v) is 4.76. The number of carbonyl (C=O) groups excluding carboxylic acids is 1. The molecule has 2 aromatic carbocycles. The first-order chi connectivity index (χ1) is 14.4. The fourth-order valence-electron chi connectivity index (χ4n) is 2.87. The number of nitrogens with one attached hydrogen (secondary N) is 1. The maximum atomic E-state index is 13.9. The van der Waals surface area contributed by atoms with Crippen molar-refractivity contribution in [3.05, 3.63) is 64.2 Å². The Morgan fingerprint density at radius 3 is 2.77 bits per heavy atom. The van der Waals surface area contributed by atoms with Crippen molar-refractivity contribution in [1.82, 2.24) is 10.2 Å². The molecule has 3 aromatic rings. The van der Waals surface area contributed by atoms with Crippen molar-refractivity contribution < 1.29 is 18.4 Å². The number of anilines is 1. The van der Waals surface area contributed by atoms with Crippen LogP contribution in [0.2, 0.25) is 0 Å². The Morgan fingerprint density at radius 2 is 2.03 bits per heavy atom. The van der Waals surface area contributed by atoms with Gasteiger partial charge in [0, 0.05) is 22.6 Å². The summed E-state index contributed by atoms with van der Waals surface area (Å²) in [6.45, 7) is 3.78. The van der Waals surface area contributed by atoms with E-state index in [1.165, 1.54) is 23.1 Å². The molecule has 0 radical (unpaired) electrons. The Kier molecular flexibility index (Phi) is 5.78. The first-order valence-electron chi connectivity index (χ1n) is 8.96. The van der Waals surface area contributed by atoms with Crippen LogP contribution in [0.1, 0.15) is 22.6 Å². The van der Waals surface area contributed by atoms with Gasteiger partial charge in [-0.1, -0.05) is 28.3 Å². The van der Waals surface area contributed by atoms with E-state index in [-0.39, 0.29) is 17.7 Å². The van der Waals surface area contributed by atoms with Gasteiger partial charge in [0.15, 0.2) is 4.34 Å². The van der Waals surface area contributed by atoms with Crippen LogP contribution in [-0.2, 0) is 9.63 Å². The molecule has 0 bridgehead atoms. The number of aromatic nitrogens is 2. The molecular weight excluding hydrogens is 430 g/mol. The van der Waals surface area contributed by atoms with Crippen LogP contribution in [0.3, 0.4) is 0 Å². The second-order valence-electron chi connectivity index (χ2n) is 6.62. The fraction of sp³-hybridized carbons (Fsp3) is 0.200. The summed E-state index contributed by atoms with van der Waals surface area (Å²) < 4.78 is 28.2. The predicted molar refractivity (Wildman–Crippen MR) is 111 cm³/mol. The van der Waals surface area contributed by atoms with Gasteiger partial charge in [0.05, 0.1) is 5.71 Å². The number of carbonyl (C=O) groups is 1. The molecular formula is C20H16F2N4O2S2. The van der Waals surface area contributed by atoms with E-state index in [4.69, 9.17) is 4.84 Å². The van der Waals surface area contributed by atoms with Gasteiger partial charge in [-0.05, 0) is 55.8 Å². The molecule has 4 rings (SSSR count). The summed E-state index contributed by atoms with van der Waals surface area (Å²) in [5.74, 6) is -1.61. The van der Waals surface area contributed by atoms with E-state index in [2.05, 4.69) is 20.7 Å². The molecule has 6 nitrogen and oxygen atoms in total. The molecule has 154 valence electrons. The Morgan fingerprint density at radius 1 is 1.20 bits per heavy atom. The molecule has 0 aliphatic carbocycles. The lowest BCUT2D eigenvalue weighted by atomic mass is 10.0. The van der Waals surface area contributed by atoms with E-state index in [9.17, 15) is 13.6 Å². The normalized spacial score (nSPS) is 15.6. The Hall–Kier alpha value is -2.85. The van der Waals surface area contributed by atoms with E-state index >= 15 is 0 Å². The van der Waals surface area contributed by atoms with Crippen LogP contribution in [-0.4, -0.2) is 27.9 Å². The van der Waals surface area contributed by atoms with Crippen molar-refractivity contribution in [2.45, 2.75) is 35.6 Å². The van der Waals surface area contributed by atoms with Gasteiger partial charge >= 0.3 is 0 Å². The largest absolute Gasteiger partial charge is 0.382 e. The average Bonchev–Trinajstić information content (AvgIpc) is 3.35. The smallest absolute Gasteiger partial charge is 0.268 e. The van der Waals surface area contributed by atoms with Gasteiger partial charge < -0.3 is 10.2 Å². The van der Waals surface area contributed by atoms with E-state index in [1.54, 1.807) is 6.07 Å². The third-order valence-corrected chi connectivity index (χ3v) is 6.25. The first kappa shape index (κ1) is 20.4. The molecule has 1 aromatic heterocycles. The van der Waals surface area contributed by atoms with Gasteiger partial charge in [0.2, 0.25) is 6.10 Å². The standard InChI is InChI=1S/C20H16F2N4O2S2/c1-10-7-13(30-20-25-24-11(2)29-20)4-6-16(10)23-19(27)18-9-17(26-28-18)14-8-12(21)3-5-15(14)22/h3-8,18H,9H2,1-2H3,(H,23,27)/t18-/m0/s1. The second-order valence-corrected chi connectivity index (χ2v) is 9.12. The summed E-state index contributed by atoms with van der Waals surface area (Å²) in [6, 6.07) is 8.70. The van der Waals surface area contributed by atoms with Gasteiger partial charge in [-0.3, -0.25) is 4.79 Å². The number of halogens is 2. The summed E-state index contributed by atoms with van der Waals surface area (Å²) in [5, 5.41) is 15.6. The lowest BCUT2D eigenvalue weighted by molar-refractivity contribution is -0.125. The molecule has 10 heteroatoms. The Balaban J connectivity index is 1.40. The first-order valence-corrected chi connectivity index (χ1v) is 10.6. The van der Waals surface area contributed by atoms with Crippen LogP contribution in [0.4, 0.5) is 14.5 Å². The SMILES string of the molecule is Cc1nnc(Sc2ccc(NC(=O)[C@@H]3CC(c4cc(F)ccc4F)=NO3)c(C)c2)s1. The molecule has 1 N–H and O–H groups in total. The van der Waals surface area contributed by atoms with Crippen molar-refractivity contribution in [3.63, 3.8) is 0 Å². The topological polar surface area (TPSA) is 76.5 Å². The predicted octanol–water partition coefficient (Wildman–Crippen LogP) is 4.72. The monoisotopic (exact) mass is 446 g/mol. The van der Waals surface area contributed by atoms with Gasteiger partial charge in [0.25, 0.3) is 5.91 Å². The van der Waals surface area contributed by atoms with Crippen molar-refractivity contribution in [2.24, 2.45) is 5.16 Å². The zero-order valence-electron chi connectivity index (χ0n) is 16.0. The van der Waals surface area contributed by atoms with Crippen LogP contribution >= 0.6 is 23.1 Å². The molecule has 0 saturated carbocycles. The number of aryl methyl sites for hydroxylation is 2.